The van der Waals surface area contributed by atoms with Gasteiger partial charge in [0.25, 0.3) is 0 Å². The Kier molecular flexibility index (Phi) is 5.59. The molecule has 3 heteroatoms. The van der Waals surface area contributed by atoms with E-state index in [0.29, 0.717) is 0 Å². The lowest BCUT2D eigenvalue weighted by Gasteiger charge is -2.12. The first-order valence-corrected chi connectivity index (χ1v) is 3.87. The van der Waals surface area contributed by atoms with Gasteiger partial charge in [0.2, 0.25) is 0 Å². The molecular weight excluding hydrogens is 122 g/mol. The first-order chi connectivity index (χ1) is 3.81. The van der Waals surface area contributed by atoms with Crippen LogP contribution < -0.4 is 0 Å². The zero-order valence-corrected chi connectivity index (χ0v) is 6.49. The number of nitrogens with zero attached hydrogens (tertiary/aromatic N) is 1. The van der Waals surface area contributed by atoms with Crippen LogP contribution in [0.2, 0.25) is 0 Å². The lowest BCUT2D eigenvalue weighted by molar-refractivity contribution is 0.0954. The normalized spacial score (nSPS) is 10.5. The van der Waals surface area contributed by atoms with Gasteiger partial charge in [0.05, 0.1) is 6.73 Å². The summed E-state index contributed by atoms with van der Waals surface area (Å²) in [6, 6.07) is 0. The quantitative estimate of drug-likeness (QED) is 0.530. The molecule has 0 aromatic rings. The predicted molar refractivity (Wildman–Crippen MR) is 38.0 cm³/mol. The minimum atomic E-state index is 0.723. The molecule has 0 unspecified atom stereocenters. The molecule has 0 aromatic heterocycles. The van der Waals surface area contributed by atoms with Crippen molar-refractivity contribution in [2.45, 2.75) is 0 Å². The molecule has 8 heavy (non-hydrogen) atoms. The van der Waals surface area contributed by atoms with Crippen molar-refractivity contribution in [2.75, 3.05) is 33.0 Å². The number of thioether (sulfide) groups is 1. The number of methoxy groups -OCH3 is 1. The van der Waals surface area contributed by atoms with Gasteiger partial charge in [-0.2, -0.15) is 0 Å². The van der Waals surface area contributed by atoms with Crippen molar-refractivity contribution in [2.24, 2.45) is 0 Å². The van der Waals surface area contributed by atoms with Crippen LogP contribution in [0.5, 0.6) is 0 Å². The van der Waals surface area contributed by atoms with Gasteiger partial charge in [0.15, 0.2) is 0 Å². The van der Waals surface area contributed by atoms with Crippen LogP contribution >= 0.6 is 11.8 Å². The van der Waals surface area contributed by atoms with Gasteiger partial charge in [-0.1, -0.05) is 0 Å². The van der Waals surface area contributed by atoms with Gasteiger partial charge in [-0.3, -0.25) is 4.90 Å². The summed E-state index contributed by atoms with van der Waals surface area (Å²) in [5.41, 5.74) is 0. The molecule has 0 saturated carbocycles. The molecule has 0 aromatic carbocycles. The Bertz CT molecular complexity index is 45.7. The van der Waals surface area contributed by atoms with Crippen molar-refractivity contribution in [1.82, 2.24) is 4.90 Å². The Labute approximate surface area is 55.2 Å². The fourth-order valence-corrected chi connectivity index (χ4v) is 0.993. The third-order valence-corrected chi connectivity index (χ3v) is 1.40. The van der Waals surface area contributed by atoms with Crippen molar-refractivity contribution >= 4 is 11.8 Å². The second-order valence-corrected chi connectivity index (χ2v) is 2.53. The molecule has 50 valence electrons. The van der Waals surface area contributed by atoms with E-state index in [1.54, 1.807) is 18.9 Å². The Morgan fingerprint density at radius 2 is 2.25 bits per heavy atom. The fraction of sp³-hybridized carbons (Fsp3) is 1.00. The molecular formula is C5H13NOS. The highest BCUT2D eigenvalue weighted by atomic mass is 32.2. The minimum absolute atomic E-state index is 0.723. The molecule has 0 N–H and O–H groups in total. The number of rotatable bonds is 4. The Morgan fingerprint density at radius 3 is 2.62 bits per heavy atom. The van der Waals surface area contributed by atoms with Gasteiger partial charge >= 0.3 is 0 Å². The maximum atomic E-state index is 4.87. The van der Waals surface area contributed by atoms with Crippen molar-refractivity contribution in [1.29, 1.82) is 0 Å². The third-order valence-electron chi connectivity index (χ3n) is 0.699. The van der Waals surface area contributed by atoms with Gasteiger partial charge < -0.3 is 4.74 Å². The van der Waals surface area contributed by atoms with E-state index in [9.17, 15) is 0 Å². The molecule has 0 amide bonds. The van der Waals surface area contributed by atoms with Gasteiger partial charge in [0.1, 0.15) is 0 Å². The second-order valence-electron chi connectivity index (χ2n) is 1.69. The van der Waals surface area contributed by atoms with Gasteiger partial charge in [-0.15, -0.1) is 11.8 Å². The third kappa shape index (κ3) is 4.43. The minimum Gasteiger partial charge on any atom is -0.369 e. The summed E-state index contributed by atoms with van der Waals surface area (Å²) in [6.45, 7) is 0.723. The van der Waals surface area contributed by atoms with E-state index in [2.05, 4.69) is 11.2 Å². The molecule has 0 saturated heterocycles. The molecule has 2 nitrogen and oxygen atoms in total. The number of hydrogen-bond donors (Lipinski definition) is 0. The van der Waals surface area contributed by atoms with E-state index < -0.39 is 0 Å². The van der Waals surface area contributed by atoms with Crippen LogP contribution in [0, 0.1) is 0 Å². The van der Waals surface area contributed by atoms with Crippen LogP contribution in [0.25, 0.3) is 0 Å². The smallest absolute Gasteiger partial charge is 0.0990 e. The number of ether oxygens (including phenoxy) is 1. The SMILES string of the molecule is COCN(C)CSC. The Hall–Kier alpha value is 0.270. The molecule has 0 heterocycles. The molecule has 0 aliphatic rings. The van der Waals surface area contributed by atoms with Gasteiger partial charge in [-0.05, 0) is 13.3 Å². The van der Waals surface area contributed by atoms with Crippen molar-refractivity contribution < 1.29 is 4.74 Å². The maximum absolute atomic E-state index is 4.87. The predicted octanol–water partition coefficient (Wildman–Crippen LogP) is 0.843. The summed E-state index contributed by atoms with van der Waals surface area (Å²) in [5.74, 6) is 1.04. The Morgan fingerprint density at radius 1 is 1.62 bits per heavy atom. The van der Waals surface area contributed by atoms with Crippen LogP contribution in [-0.2, 0) is 4.74 Å². The van der Waals surface area contributed by atoms with E-state index >= 15 is 0 Å². The molecule has 0 spiro atoms. The Balaban J connectivity index is 2.92. The molecule has 0 radical (unpaired) electrons. The maximum Gasteiger partial charge on any atom is 0.0990 e. The first kappa shape index (κ1) is 8.27. The molecule has 0 aliphatic carbocycles. The molecule has 0 aliphatic heterocycles. The standard InChI is InChI=1S/C5H13NOS/c1-6(4-7-2)5-8-3/h4-5H2,1-3H3. The van der Waals surface area contributed by atoms with Crippen LogP contribution in [0.1, 0.15) is 0 Å². The van der Waals surface area contributed by atoms with E-state index in [0.717, 1.165) is 12.6 Å². The lowest BCUT2D eigenvalue weighted by Crippen LogP contribution is -2.19. The average molecular weight is 135 g/mol. The van der Waals surface area contributed by atoms with Crippen molar-refractivity contribution in [3.05, 3.63) is 0 Å². The average Bonchev–Trinajstić information content (AvgIpc) is 1.68. The van der Waals surface area contributed by atoms with E-state index in [1.807, 2.05) is 7.05 Å². The summed E-state index contributed by atoms with van der Waals surface area (Å²) in [7, 11) is 3.73. The summed E-state index contributed by atoms with van der Waals surface area (Å²) in [4.78, 5) is 2.10. The van der Waals surface area contributed by atoms with Crippen LogP contribution in [-0.4, -0.2) is 37.9 Å². The molecule has 0 fully saturated rings. The van der Waals surface area contributed by atoms with Crippen molar-refractivity contribution in [3.8, 4) is 0 Å². The summed E-state index contributed by atoms with van der Waals surface area (Å²) >= 11 is 1.80. The topological polar surface area (TPSA) is 12.5 Å². The number of hydrogen-bond acceptors (Lipinski definition) is 3. The zero-order chi connectivity index (χ0) is 6.41. The van der Waals surface area contributed by atoms with Gasteiger partial charge in [0, 0.05) is 13.0 Å². The summed E-state index contributed by atoms with van der Waals surface area (Å²) in [5, 5.41) is 0. The van der Waals surface area contributed by atoms with Crippen LogP contribution in [0.3, 0.4) is 0 Å². The first-order valence-electron chi connectivity index (χ1n) is 2.47. The lowest BCUT2D eigenvalue weighted by atomic mass is 10.9. The highest BCUT2D eigenvalue weighted by Gasteiger charge is 1.90. The fourth-order valence-electron chi connectivity index (χ4n) is 0.478. The van der Waals surface area contributed by atoms with Crippen molar-refractivity contribution in [3.63, 3.8) is 0 Å². The zero-order valence-electron chi connectivity index (χ0n) is 5.68. The largest absolute Gasteiger partial charge is 0.369 e. The molecule has 0 bridgehead atoms. The molecule has 0 atom stereocenters. The summed E-state index contributed by atoms with van der Waals surface area (Å²) in [6.07, 6.45) is 2.08. The van der Waals surface area contributed by atoms with Gasteiger partial charge in [-0.25, -0.2) is 0 Å². The second kappa shape index (κ2) is 5.41. The highest BCUT2D eigenvalue weighted by Crippen LogP contribution is 1.93. The van der Waals surface area contributed by atoms with E-state index in [-0.39, 0.29) is 0 Å². The summed E-state index contributed by atoms with van der Waals surface area (Å²) < 4.78 is 4.87. The monoisotopic (exact) mass is 135 g/mol. The van der Waals surface area contributed by atoms with Crippen LogP contribution in [0.15, 0.2) is 0 Å². The van der Waals surface area contributed by atoms with Crippen LogP contribution in [0.4, 0.5) is 0 Å². The van der Waals surface area contributed by atoms with E-state index in [4.69, 9.17) is 4.74 Å². The molecule has 0 rings (SSSR count). The van der Waals surface area contributed by atoms with E-state index in [1.165, 1.54) is 0 Å². The highest BCUT2D eigenvalue weighted by molar-refractivity contribution is 7.98.